The Kier molecular flexibility index (Phi) is 1.64. The third-order valence-electron chi connectivity index (χ3n) is 2.41. The van der Waals surface area contributed by atoms with E-state index >= 15 is 0 Å². The normalized spacial score (nSPS) is 44.6. The van der Waals surface area contributed by atoms with Crippen molar-refractivity contribution in [2.24, 2.45) is 11.7 Å². The molecular weight excluding hydrogens is 239 g/mol. The minimum absolute atomic E-state index is 0.442. The Morgan fingerprint density at radius 2 is 2.30 bits per heavy atom. The van der Waals surface area contributed by atoms with Crippen LogP contribution in [0.3, 0.4) is 0 Å². The van der Waals surface area contributed by atoms with Crippen LogP contribution in [0.15, 0.2) is 12.3 Å². The van der Waals surface area contributed by atoms with Crippen molar-refractivity contribution in [1.29, 1.82) is 0 Å². The number of fused-ring (bicyclic) bond motifs is 1. The molecule has 2 N–H and O–H groups in total. The van der Waals surface area contributed by atoms with Crippen molar-refractivity contribution in [2.45, 2.75) is 24.9 Å². The van der Waals surface area contributed by atoms with Gasteiger partial charge in [-0.05, 0) is 12.8 Å². The summed E-state index contributed by atoms with van der Waals surface area (Å²) in [4.78, 5) is 0. The van der Waals surface area contributed by atoms with Crippen molar-refractivity contribution >= 4 is 22.9 Å². The van der Waals surface area contributed by atoms with Crippen LogP contribution in [0.1, 0.15) is 12.8 Å². The summed E-state index contributed by atoms with van der Waals surface area (Å²) in [5.41, 5.74) is 5.82. The maximum Gasteiger partial charge on any atom is 0.0588 e. The molecule has 1 aliphatic heterocycles. The fraction of sp³-hybridized carbons (Fsp3) is 0.714. The van der Waals surface area contributed by atoms with E-state index in [4.69, 9.17) is 5.73 Å². The molecule has 0 aromatic carbocycles. The van der Waals surface area contributed by atoms with Gasteiger partial charge in [0.15, 0.2) is 0 Å². The second kappa shape index (κ2) is 2.37. The molecule has 1 saturated carbocycles. The van der Waals surface area contributed by atoms with Gasteiger partial charge in [-0.2, -0.15) is 0 Å². The van der Waals surface area contributed by atoms with Gasteiger partial charge in [0.2, 0.25) is 0 Å². The molecule has 1 fully saturated rings. The van der Waals surface area contributed by atoms with E-state index in [0.29, 0.717) is 12.1 Å². The fourth-order valence-electron chi connectivity index (χ4n) is 1.88. The van der Waals surface area contributed by atoms with Crippen molar-refractivity contribution in [1.82, 2.24) is 3.11 Å². The van der Waals surface area contributed by atoms with Crippen molar-refractivity contribution in [2.75, 3.05) is 0 Å². The first-order chi connectivity index (χ1) is 4.77. The van der Waals surface area contributed by atoms with Crippen LogP contribution in [0.25, 0.3) is 0 Å². The number of hydrogen-bond donors (Lipinski definition) is 1. The zero-order valence-corrected chi connectivity index (χ0v) is 7.86. The third-order valence-corrected chi connectivity index (χ3v) is 3.44. The molecule has 2 aliphatic rings. The highest BCUT2D eigenvalue weighted by atomic mass is 127. The van der Waals surface area contributed by atoms with Crippen LogP contribution in [0.5, 0.6) is 0 Å². The molecule has 56 valence electrons. The van der Waals surface area contributed by atoms with E-state index < -0.39 is 0 Å². The highest BCUT2D eigenvalue weighted by molar-refractivity contribution is 14.1. The average molecular weight is 250 g/mol. The number of rotatable bonds is 0. The van der Waals surface area contributed by atoms with E-state index in [1.165, 1.54) is 12.8 Å². The Morgan fingerprint density at radius 1 is 1.50 bits per heavy atom. The van der Waals surface area contributed by atoms with Crippen molar-refractivity contribution < 1.29 is 0 Å². The maximum absolute atomic E-state index is 5.82. The van der Waals surface area contributed by atoms with E-state index in [9.17, 15) is 0 Å². The van der Waals surface area contributed by atoms with Crippen molar-refractivity contribution in [3.05, 3.63) is 12.3 Å². The Morgan fingerprint density at radius 3 is 3.00 bits per heavy atom. The lowest BCUT2D eigenvalue weighted by Gasteiger charge is -2.16. The quantitative estimate of drug-likeness (QED) is 0.518. The zero-order valence-electron chi connectivity index (χ0n) is 5.70. The first-order valence-electron chi connectivity index (χ1n) is 3.65. The lowest BCUT2D eigenvalue weighted by atomic mass is 10.1. The molecule has 3 atom stereocenters. The van der Waals surface area contributed by atoms with Crippen LogP contribution in [-0.2, 0) is 0 Å². The van der Waals surface area contributed by atoms with Gasteiger partial charge in [-0.1, -0.05) is 6.08 Å². The molecule has 10 heavy (non-hydrogen) atoms. The molecule has 1 aliphatic carbocycles. The van der Waals surface area contributed by atoms with Crippen LogP contribution in [-0.4, -0.2) is 15.2 Å². The molecule has 0 radical (unpaired) electrons. The van der Waals surface area contributed by atoms with Crippen LogP contribution in [0.2, 0.25) is 0 Å². The summed E-state index contributed by atoms with van der Waals surface area (Å²) < 4.78 is 2.26. The van der Waals surface area contributed by atoms with Crippen LogP contribution >= 0.6 is 22.9 Å². The lowest BCUT2D eigenvalue weighted by Crippen LogP contribution is -2.22. The van der Waals surface area contributed by atoms with Gasteiger partial charge in [0.05, 0.1) is 22.9 Å². The molecule has 0 bridgehead atoms. The summed E-state index contributed by atoms with van der Waals surface area (Å²) in [7, 11) is 0. The number of nitrogens with two attached hydrogens (primary N) is 1. The summed E-state index contributed by atoms with van der Waals surface area (Å²) in [5.74, 6) is 0.742. The molecule has 2 nitrogen and oxygen atoms in total. The largest absolute Gasteiger partial charge is 0.328 e. The Labute approximate surface area is 74.9 Å². The van der Waals surface area contributed by atoms with Crippen LogP contribution < -0.4 is 5.73 Å². The Bertz CT molecular complexity index is 169. The minimum atomic E-state index is 0.442. The summed E-state index contributed by atoms with van der Waals surface area (Å²) in [5, 5.41) is 0. The van der Waals surface area contributed by atoms with Crippen molar-refractivity contribution in [3.8, 4) is 0 Å². The summed E-state index contributed by atoms with van der Waals surface area (Å²) in [6, 6.07) is 1.15. The SMILES string of the molecule is NC1CC2C=CN(I)C2C1. The fourth-order valence-corrected chi connectivity index (χ4v) is 2.71. The number of hydrogen-bond acceptors (Lipinski definition) is 2. The van der Waals surface area contributed by atoms with Gasteiger partial charge in [-0.3, -0.25) is 0 Å². The minimum Gasteiger partial charge on any atom is -0.328 e. The second-order valence-corrected chi connectivity index (χ2v) is 4.26. The monoisotopic (exact) mass is 250 g/mol. The number of nitrogens with zero attached hydrogens (tertiary/aromatic N) is 1. The Hall–Kier alpha value is 0.230. The summed E-state index contributed by atoms with van der Waals surface area (Å²) >= 11 is 2.35. The Balaban J connectivity index is 2.12. The smallest absolute Gasteiger partial charge is 0.0588 e. The second-order valence-electron chi connectivity index (χ2n) is 3.15. The third kappa shape index (κ3) is 0.955. The van der Waals surface area contributed by atoms with Gasteiger partial charge >= 0.3 is 0 Å². The van der Waals surface area contributed by atoms with Gasteiger partial charge in [0.1, 0.15) is 0 Å². The average Bonchev–Trinajstić information content (AvgIpc) is 2.35. The van der Waals surface area contributed by atoms with E-state index in [2.05, 4.69) is 38.3 Å². The lowest BCUT2D eigenvalue weighted by molar-refractivity contribution is 0.454. The molecule has 0 saturated heterocycles. The molecule has 1 heterocycles. The molecule has 3 unspecified atom stereocenters. The van der Waals surface area contributed by atoms with E-state index in [1.54, 1.807) is 0 Å². The van der Waals surface area contributed by atoms with Gasteiger partial charge in [-0.15, -0.1) is 0 Å². The highest BCUT2D eigenvalue weighted by Crippen LogP contribution is 2.36. The van der Waals surface area contributed by atoms with Crippen LogP contribution in [0, 0.1) is 5.92 Å². The van der Waals surface area contributed by atoms with Crippen LogP contribution in [0.4, 0.5) is 0 Å². The molecule has 0 spiro atoms. The predicted octanol–water partition coefficient (Wildman–Crippen LogP) is 1.27. The molecule has 0 amide bonds. The van der Waals surface area contributed by atoms with Gasteiger partial charge in [-0.25, -0.2) is 0 Å². The van der Waals surface area contributed by atoms with E-state index in [1.807, 2.05) is 0 Å². The summed E-state index contributed by atoms with van der Waals surface area (Å²) in [6.45, 7) is 0. The standard InChI is InChI=1S/C7H11IN2/c8-10-2-1-5-3-6(9)4-7(5)10/h1-2,5-7H,3-4,9H2. The van der Waals surface area contributed by atoms with E-state index in [0.717, 1.165) is 5.92 Å². The van der Waals surface area contributed by atoms with Crippen molar-refractivity contribution in [3.63, 3.8) is 0 Å². The molecule has 2 rings (SSSR count). The highest BCUT2D eigenvalue weighted by Gasteiger charge is 2.36. The molecule has 0 aromatic rings. The van der Waals surface area contributed by atoms with Gasteiger partial charge in [0, 0.05) is 24.2 Å². The number of halogens is 1. The van der Waals surface area contributed by atoms with E-state index in [-0.39, 0.29) is 0 Å². The first kappa shape index (κ1) is 6.91. The zero-order chi connectivity index (χ0) is 7.14. The first-order valence-corrected chi connectivity index (χ1v) is 4.62. The molecule has 3 heteroatoms. The van der Waals surface area contributed by atoms with Gasteiger partial charge < -0.3 is 8.85 Å². The molecule has 0 aromatic heterocycles. The maximum atomic E-state index is 5.82. The van der Waals surface area contributed by atoms with Gasteiger partial charge in [0.25, 0.3) is 0 Å². The summed E-state index contributed by atoms with van der Waals surface area (Å²) in [6.07, 6.45) is 6.80. The molecular formula is C7H11IN2. The predicted molar refractivity (Wildman–Crippen MR) is 49.5 cm³/mol. The topological polar surface area (TPSA) is 29.3 Å².